The van der Waals surface area contributed by atoms with Gasteiger partial charge in [-0.2, -0.15) is 0 Å². The second-order valence-corrected chi connectivity index (χ2v) is 6.88. The van der Waals surface area contributed by atoms with Crippen LogP contribution in [0.1, 0.15) is 56.6 Å². The van der Waals surface area contributed by atoms with E-state index in [9.17, 15) is 9.90 Å². The van der Waals surface area contributed by atoms with Gasteiger partial charge in [-0.15, -0.1) is 0 Å². The van der Waals surface area contributed by atoms with Crippen LogP contribution in [0.4, 0.5) is 0 Å². The van der Waals surface area contributed by atoms with Crippen molar-refractivity contribution in [2.45, 2.75) is 56.5 Å². The molecule has 1 aromatic rings. The van der Waals surface area contributed by atoms with Crippen LogP contribution in [0.5, 0.6) is 0 Å². The standard InChI is InChI=1S/C17H22O3/c18-16-11-5-3-7-13(16)17(19)9-2-1-6-12(17)15(11)14-8-4-10-20-14/h4,8,10-13,15,19H,1-3,5-7,9H2/t11-,12-,13+,15+,17-/m0/s1. The maximum Gasteiger partial charge on any atom is 0.142 e. The Morgan fingerprint density at radius 3 is 2.90 bits per heavy atom. The molecular weight excluding hydrogens is 252 g/mol. The molecule has 3 heteroatoms. The van der Waals surface area contributed by atoms with Crippen LogP contribution in [0.2, 0.25) is 0 Å². The van der Waals surface area contributed by atoms with Gasteiger partial charge >= 0.3 is 0 Å². The van der Waals surface area contributed by atoms with E-state index in [1.807, 2.05) is 12.1 Å². The van der Waals surface area contributed by atoms with Crippen molar-refractivity contribution in [2.24, 2.45) is 17.8 Å². The van der Waals surface area contributed by atoms with Gasteiger partial charge in [-0.1, -0.05) is 19.3 Å². The van der Waals surface area contributed by atoms with Crippen LogP contribution in [-0.4, -0.2) is 16.5 Å². The lowest BCUT2D eigenvalue weighted by molar-refractivity contribution is -0.174. The van der Waals surface area contributed by atoms with E-state index < -0.39 is 5.60 Å². The number of carbonyl (C=O) groups is 1. The molecule has 1 aromatic heterocycles. The summed E-state index contributed by atoms with van der Waals surface area (Å²) in [7, 11) is 0. The smallest absolute Gasteiger partial charge is 0.142 e. The molecule has 108 valence electrons. The van der Waals surface area contributed by atoms with Gasteiger partial charge in [0.25, 0.3) is 0 Å². The molecule has 3 fully saturated rings. The summed E-state index contributed by atoms with van der Waals surface area (Å²) in [6.45, 7) is 0. The molecular formula is C17H22O3. The fourth-order valence-electron chi connectivity index (χ4n) is 5.23. The quantitative estimate of drug-likeness (QED) is 0.855. The Hall–Kier alpha value is -1.09. The number of ketones is 1. The number of hydrogen-bond acceptors (Lipinski definition) is 3. The van der Waals surface area contributed by atoms with Crippen LogP contribution in [0.25, 0.3) is 0 Å². The lowest BCUT2D eigenvalue weighted by Crippen LogP contribution is -2.60. The van der Waals surface area contributed by atoms with Gasteiger partial charge in [-0.3, -0.25) is 4.79 Å². The van der Waals surface area contributed by atoms with Gasteiger partial charge < -0.3 is 9.52 Å². The largest absolute Gasteiger partial charge is 0.469 e. The summed E-state index contributed by atoms with van der Waals surface area (Å²) in [5, 5.41) is 11.3. The highest BCUT2D eigenvalue weighted by Gasteiger charge is 2.60. The lowest BCUT2D eigenvalue weighted by atomic mass is 9.50. The highest BCUT2D eigenvalue weighted by Crippen LogP contribution is 2.58. The zero-order valence-corrected chi connectivity index (χ0v) is 11.8. The third-order valence-electron chi connectivity index (χ3n) is 6.04. The second kappa shape index (κ2) is 4.45. The van der Waals surface area contributed by atoms with Crippen LogP contribution in [0, 0.1) is 17.8 Å². The van der Waals surface area contributed by atoms with Gasteiger partial charge in [0.05, 0.1) is 11.9 Å². The topological polar surface area (TPSA) is 50.4 Å². The molecule has 2 bridgehead atoms. The first kappa shape index (κ1) is 12.6. The fraction of sp³-hybridized carbons (Fsp3) is 0.706. The van der Waals surface area contributed by atoms with E-state index in [1.54, 1.807) is 6.26 Å². The highest BCUT2D eigenvalue weighted by molar-refractivity contribution is 5.87. The van der Waals surface area contributed by atoms with Gasteiger partial charge in [0, 0.05) is 17.8 Å². The number of rotatable bonds is 1. The molecule has 0 aliphatic heterocycles. The third-order valence-corrected chi connectivity index (χ3v) is 6.04. The zero-order chi connectivity index (χ0) is 13.7. The molecule has 3 aliphatic carbocycles. The summed E-state index contributed by atoms with van der Waals surface area (Å²) in [6, 6.07) is 3.89. The summed E-state index contributed by atoms with van der Waals surface area (Å²) in [4.78, 5) is 12.8. The van der Waals surface area contributed by atoms with Crippen molar-refractivity contribution >= 4 is 5.78 Å². The molecule has 1 N–H and O–H groups in total. The normalized spacial score (nSPS) is 44.1. The van der Waals surface area contributed by atoms with Crippen LogP contribution in [0.15, 0.2) is 22.8 Å². The Labute approximate surface area is 119 Å². The van der Waals surface area contributed by atoms with Gasteiger partial charge in [0.1, 0.15) is 11.5 Å². The van der Waals surface area contributed by atoms with E-state index in [-0.39, 0.29) is 23.7 Å². The summed E-state index contributed by atoms with van der Waals surface area (Å²) in [6.07, 6.45) is 8.63. The van der Waals surface area contributed by atoms with Crippen molar-refractivity contribution in [1.29, 1.82) is 0 Å². The van der Waals surface area contributed by atoms with Gasteiger partial charge in [-0.25, -0.2) is 0 Å². The molecule has 0 unspecified atom stereocenters. The van der Waals surface area contributed by atoms with Crippen molar-refractivity contribution in [3.05, 3.63) is 24.2 Å². The minimum atomic E-state index is -0.774. The molecule has 3 saturated carbocycles. The van der Waals surface area contributed by atoms with Crippen molar-refractivity contribution in [1.82, 2.24) is 0 Å². The molecule has 0 saturated heterocycles. The van der Waals surface area contributed by atoms with E-state index in [1.165, 1.54) is 0 Å². The second-order valence-electron chi connectivity index (χ2n) is 6.88. The molecule has 1 heterocycles. The predicted molar refractivity (Wildman–Crippen MR) is 74.2 cm³/mol. The van der Waals surface area contributed by atoms with Gasteiger partial charge in [0.15, 0.2) is 0 Å². The maximum absolute atomic E-state index is 12.8. The Bertz CT molecular complexity index is 506. The molecule has 20 heavy (non-hydrogen) atoms. The molecule has 3 nitrogen and oxygen atoms in total. The minimum Gasteiger partial charge on any atom is -0.469 e. The van der Waals surface area contributed by atoms with Crippen LogP contribution in [0.3, 0.4) is 0 Å². The van der Waals surface area contributed by atoms with Crippen LogP contribution < -0.4 is 0 Å². The average molecular weight is 274 g/mol. The molecule has 0 amide bonds. The molecule has 0 aromatic carbocycles. The first-order valence-electron chi connectivity index (χ1n) is 8.01. The van der Waals surface area contributed by atoms with E-state index in [0.717, 1.165) is 50.7 Å². The van der Waals surface area contributed by atoms with Crippen molar-refractivity contribution in [3.63, 3.8) is 0 Å². The van der Waals surface area contributed by atoms with E-state index in [4.69, 9.17) is 4.42 Å². The van der Waals surface area contributed by atoms with Crippen molar-refractivity contribution < 1.29 is 14.3 Å². The third kappa shape index (κ3) is 1.59. The van der Waals surface area contributed by atoms with Gasteiger partial charge in [0.2, 0.25) is 0 Å². The Morgan fingerprint density at radius 1 is 1.20 bits per heavy atom. The summed E-state index contributed by atoms with van der Waals surface area (Å²) < 4.78 is 5.64. The number of aliphatic hydroxyl groups is 1. The molecule has 4 rings (SSSR count). The number of hydrogen-bond donors (Lipinski definition) is 1. The van der Waals surface area contributed by atoms with E-state index in [0.29, 0.717) is 5.78 Å². The first-order valence-corrected chi connectivity index (χ1v) is 8.01. The highest BCUT2D eigenvalue weighted by atomic mass is 16.3. The van der Waals surface area contributed by atoms with E-state index >= 15 is 0 Å². The minimum absolute atomic E-state index is 0.0725. The van der Waals surface area contributed by atoms with E-state index in [2.05, 4.69) is 0 Å². The number of furan rings is 1. The number of carbonyl (C=O) groups excluding carboxylic acids is 1. The summed E-state index contributed by atoms with van der Waals surface area (Å²) in [5.74, 6) is 1.48. The van der Waals surface area contributed by atoms with Gasteiger partial charge in [-0.05, 0) is 43.7 Å². The van der Waals surface area contributed by atoms with Crippen LogP contribution >= 0.6 is 0 Å². The maximum atomic E-state index is 12.8. The summed E-state index contributed by atoms with van der Waals surface area (Å²) >= 11 is 0. The Morgan fingerprint density at radius 2 is 2.10 bits per heavy atom. The number of fused-ring (bicyclic) bond motifs is 4. The van der Waals surface area contributed by atoms with Crippen molar-refractivity contribution in [2.75, 3.05) is 0 Å². The monoisotopic (exact) mass is 274 g/mol. The van der Waals surface area contributed by atoms with Crippen molar-refractivity contribution in [3.8, 4) is 0 Å². The molecule has 3 aliphatic rings. The number of Topliss-reactive ketones (excluding diaryl/α,β-unsaturated/α-hetero) is 1. The average Bonchev–Trinajstić information content (AvgIpc) is 2.95. The SMILES string of the molecule is O=C1[C@H]2CCC[C@H]1[C@]1(O)CCCC[C@H]1[C@@H]2c1ccco1. The molecule has 5 atom stereocenters. The molecule has 0 radical (unpaired) electrons. The fourth-order valence-corrected chi connectivity index (χ4v) is 5.23. The Balaban J connectivity index is 1.82. The Kier molecular flexibility index (Phi) is 2.81. The summed E-state index contributed by atoms with van der Waals surface area (Å²) in [5.41, 5.74) is -0.774. The lowest BCUT2D eigenvalue weighted by Gasteiger charge is -2.55. The predicted octanol–water partition coefficient (Wildman–Crippen LogP) is 3.28. The van der Waals surface area contributed by atoms with Crippen LogP contribution in [-0.2, 0) is 4.79 Å². The molecule has 0 spiro atoms. The first-order chi connectivity index (χ1) is 9.72. The zero-order valence-electron chi connectivity index (χ0n) is 11.8.